The molecule has 0 saturated carbocycles. The lowest BCUT2D eigenvalue weighted by Crippen LogP contribution is -2.01. The number of nitrogens with zero attached hydrogens (tertiary/aromatic N) is 4. The van der Waals surface area contributed by atoms with E-state index < -0.39 is 0 Å². The Morgan fingerprint density at radius 1 is 0.300 bits per heavy atom. The second-order valence-electron chi connectivity index (χ2n) is 15.5. The van der Waals surface area contributed by atoms with Crippen LogP contribution >= 0.6 is 0 Å². The molecule has 11 aromatic carbocycles. The average molecular weight is 761 g/mol. The van der Waals surface area contributed by atoms with Crippen LogP contribution in [0.5, 0.6) is 0 Å². The zero-order valence-electron chi connectivity index (χ0n) is 32.3. The van der Waals surface area contributed by atoms with E-state index in [4.69, 9.17) is 15.0 Å². The zero-order valence-corrected chi connectivity index (χ0v) is 32.3. The highest BCUT2D eigenvalue weighted by molar-refractivity contribution is 6.37. The summed E-state index contributed by atoms with van der Waals surface area (Å²) < 4.78 is 0. The number of hydrogen-bond acceptors (Lipinski definition) is 4. The van der Waals surface area contributed by atoms with Gasteiger partial charge in [-0.1, -0.05) is 152 Å². The van der Waals surface area contributed by atoms with Gasteiger partial charge in [0.2, 0.25) is 0 Å². The van der Waals surface area contributed by atoms with Crippen molar-refractivity contribution in [1.29, 1.82) is 5.26 Å². The summed E-state index contributed by atoms with van der Waals surface area (Å²) in [5.41, 5.74) is 7.57. The van der Waals surface area contributed by atoms with E-state index in [1.54, 1.807) is 12.1 Å². The van der Waals surface area contributed by atoms with Crippen molar-refractivity contribution in [2.75, 3.05) is 0 Å². The molecule has 1 aromatic heterocycles. The predicted molar refractivity (Wildman–Crippen MR) is 248 cm³/mol. The number of aromatic nitrogens is 3. The molecule has 0 atom stereocenters. The molecule has 0 spiro atoms. The van der Waals surface area contributed by atoms with Crippen molar-refractivity contribution in [3.05, 3.63) is 200 Å². The Morgan fingerprint density at radius 2 is 0.783 bits per heavy atom. The van der Waals surface area contributed by atoms with Crippen LogP contribution in [0.15, 0.2) is 194 Å². The molecule has 0 saturated heterocycles. The smallest absolute Gasteiger partial charge is 0.164 e. The number of benzene rings is 10. The van der Waals surface area contributed by atoms with Gasteiger partial charge in [0.15, 0.2) is 17.5 Å². The van der Waals surface area contributed by atoms with Gasteiger partial charge in [-0.2, -0.15) is 5.26 Å². The van der Waals surface area contributed by atoms with E-state index in [9.17, 15) is 5.26 Å². The molecule has 12 aromatic rings. The van der Waals surface area contributed by atoms with Gasteiger partial charge in [0, 0.05) is 16.7 Å². The number of fused-ring (bicyclic) bond motifs is 2. The van der Waals surface area contributed by atoms with Gasteiger partial charge in [0.05, 0.1) is 11.6 Å². The summed E-state index contributed by atoms with van der Waals surface area (Å²) >= 11 is 0. The van der Waals surface area contributed by atoms with Gasteiger partial charge in [-0.15, -0.1) is 0 Å². The molecule has 60 heavy (non-hydrogen) atoms. The van der Waals surface area contributed by atoms with Crippen LogP contribution in [0.2, 0.25) is 0 Å². The summed E-state index contributed by atoms with van der Waals surface area (Å²) in [5.74, 6) is 1.72. The maximum Gasteiger partial charge on any atom is 0.164 e. The third-order valence-electron chi connectivity index (χ3n) is 12.0. The molecule has 4 nitrogen and oxygen atoms in total. The molecule has 276 valence electrons. The maximum atomic E-state index is 9.45. The minimum atomic E-state index is 0.549. The lowest BCUT2D eigenvalue weighted by molar-refractivity contribution is 1.07. The summed E-state index contributed by atoms with van der Waals surface area (Å²) in [6.45, 7) is 0. The Kier molecular flexibility index (Phi) is 7.57. The fraction of sp³-hybridized carbons (Fsp3) is 0. The maximum absolute atomic E-state index is 9.45. The van der Waals surface area contributed by atoms with E-state index in [0.29, 0.717) is 23.0 Å². The van der Waals surface area contributed by atoms with Gasteiger partial charge >= 0.3 is 0 Å². The molecular weight excluding hydrogens is 729 g/mol. The molecule has 0 amide bonds. The number of nitriles is 1. The number of rotatable bonds is 5. The SMILES string of the molecule is N#Cc1ccc(-c2nc(-c3ccccc3)nc(-c3ccccc3-c3cccc(-c4cc5ccc6cccc7c8cccc9ccc%10cccc(c(c4)c5c67)c%10c98)c3)n2)cc1. The second-order valence-corrected chi connectivity index (χ2v) is 15.5. The largest absolute Gasteiger partial charge is 0.208 e. The van der Waals surface area contributed by atoms with Crippen LogP contribution in [0.3, 0.4) is 0 Å². The minimum absolute atomic E-state index is 0.549. The molecule has 12 rings (SSSR count). The standard InChI is InChI=1S/C56H32N4/c57-33-34-22-24-39(25-23-34)55-58-54(38-10-2-1-3-11-38)59-56(60-55)48-18-5-4-17-44(48)41-16-6-15-40(30-41)43-31-42-29-28-37-13-8-20-46-45-19-7-12-35-26-27-36-14-9-21-47(52(36)50(35)45)49(32-43)53(42)51(37)46/h1-32H. The number of hydrogen-bond donors (Lipinski definition) is 0. The van der Waals surface area contributed by atoms with Crippen molar-refractivity contribution >= 4 is 64.6 Å². The average Bonchev–Trinajstić information content (AvgIpc) is 3.32. The molecule has 0 N–H and O–H groups in total. The Bertz CT molecular complexity index is 3710. The lowest BCUT2D eigenvalue weighted by atomic mass is 9.86. The summed E-state index contributed by atoms with van der Waals surface area (Å²) in [6, 6.07) is 70.8. The quantitative estimate of drug-likeness (QED) is 0.164. The molecule has 0 aliphatic rings. The van der Waals surface area contributed by atoms with E-state index in [0.717, 1.165) is 38.9 Å². The van der Waals surface area contributed by atoms with Crippen molar-refractivity contribution in [3.63, 3.8) is 0 Å². The molecule has 0 aliphatic heterocycles. The van der Waals surface area contributed by atoms with E-state index in [-0.39, 0.29) is 0 Å². The monoisotopic (exact) mass is 760 g/mol. The fourth-order valence-corrected chi connectivity index (χ4v) is 9.28. The zero-order chi connectivity index (χ0) is 39.7. The van der Waals surface area contributed by atoms with Crippen LogP contribution in [0, 0.1) is 11.3 Å². The summed E-state index contributed by atoms with van der Waals surface area (Å²) in [5, 5.41) is 24.6. The van der Waals surface area contributed by atoms with Crippen molar-refractivity contribution < 1.29 is 0 Å². The van der Waals surface area contributed by atoms with E-state index >= 15 is 0 Å². The van der Waals surface area contributed by atoms with Crippen molar-refractivity contribution in [3.8, 4) is 62.5 Å². The Hall–Kier alpha value is -8.26. The summed E-state index contributed by atoms with van der Waals surface area (Å²) in [4.78, 5) is 15.1. The molecule has 4 heteroatoms. The van der Waals surface area contributed by atoms with Gasteiger partial charge in [0.25, 0.3) is 0 Å². The predicted octanol–water partition coefficient (Wildman–Crippen LogP) is 14.4. The molecule has 0 fully saturated rings. The lowest BCUT2D eigenvalue weighted by Gasteiger charge is -2.17. The topological polar surface area (TPSA) is 62.5 Å². The van der Waals surface area contributed by atoms with Gasteiger partial charge in [-0.05, 0) is 129 Å². The third-order valence-corrected chi connectivity index (χ3v) is 12.0. The molecule has 0 unspecified atom stereocenters. The molecule has 0 radical (unpaired) electrons. The van der Waals surface area contributed by atoms with Crippen LogP contribution in [0.25, 0.3) is 121 Å². The highest BCUT2D eigenvalue weighted by Crippen LogP contribution is 2.45. The molecule has 0 aliphatic carbocycles. The first-order chi connectivity index (χ1) is 29.7. The molecule has 0 bridgehead atoms. The Morgan fingerprint density at radius 3 is 1.42 bits per heavy atom. The van der Waals surface area contributed by atoms with Crippen molar-refractivity contribution in [2.24, 2.45) is 0 Å². The van der Waals surface area contributed by atoms with E-state index in [1.807, 2.05) is 48.5 Å². The van der Waals surface area contributed by atoms with Crippen LogP contribution in [-0.2, 0) is 0 Å². The van der Waals surface area contributed by atoms with Gasteiger partial charge in [-0.25, -0.2) is 15.0 Å². The van der Waals surface area contributed by atoms with Crippen LogP contribution in [-0.4, -0.2) is 15.0 Å². The first-order valence-electron chi connectivity index (χ1n) is 20.2. The molecule has 1 heterocycles. The Balaban J connectivity index is 1.07. The highest BCUT2D eigenvalue weighted by atomic mass is 15.0. The third kappa shape index (κ3) is 5.34. The van der Waals surface area contributed by atoms with E-state index in [2.05, 4.69) is 140 Å². The van der Waals surface area contributed by atoms with Gasteiger partial charge in [-0.3, -0.25) is 0 Å². The van der Waals surface area contributed by atoms with Crippen molar-refractivity contribution in [2.45, 2.75) is 0 Å². The van der Waals surface area contributed by atoms with Crippen molar-refractivity contribution in [1.82, 2.24) is 15.0 Å². The van der Waals surface area contributed by atoms with Crippen LogP contribution < -0.4 is 0 Å². The second kappa shape index (κ2) is 13.4. The Labute approximate surface area is 345 Å². The van der Waals surface area contributed by atoms with E-state index in [1.165, 1.54) is 64.6 Å². The highest BCUT2D eigenvalue weighted by Gasteiger charge is 2.19. The minimum Gasteiger partial charge on any atom is -0.208 e. The van der Waals surface area contributed by atoms with Gasteiger partial charge in [0.1, 0.15) is 0 Å². The first-order valence-corrected chi connectivity index (χ1v) is 20.2. The normalized spacial score (nSPS) is 11.7. The summed E-state index contributed by atoms with van der Waals surface area (Å²) in [7, 11) is 0. The van der Waals surface area contributed by atoms with Crippen LogP contribution in [0.1, 0.15) is 5.56 Å². The fourth-order valence-electron chi connectivity index (χ4n) is 9.28. The molecular formula is C56H32N4. The summed E-state index contributed by atoms with van der Waals surface area (Å²) in [6.07, 6.45) is 0. The first kappa shape index (κ1) is 33.8. The van der Waals surface area contributed by atoms with Gasteiger partial charge < -0.3 is 0 Å². The van der Waals surface area contributed by atoms with Crippen LogP contribution in [0.4, 0.5) is 0 Å².